The van der Waals surface area contributed by atoms with E-state index in [2.05, 4.69) is 5.32 Å². The van der Waals surface area contributed by atoms with E-state index >= 15 is 0 Å². The molecule has 0 bridgehead atoms. The Kier molecular flexibility index (Phi) is 8.62. The van der Waals surface area contributed by atoms with Crippen molar-refractivity contribution < 1.29 is 38.0 Å². The summed E-state index contributed by atoms with van der Waals surface area (Å²) in [4.78, 5) is 23.9. The molecule has 168 valence electrons. The van der Waals surface area contributed by atoms with Crippen LogP contribution in [0.5, 0.6) is 28.7 Å². The van der Waals surface area contributed by atoms with Crippen LogP contribution < -0.4 is 34.7 Å². The van der Waals surface area contributed by atoms with Gasteiger partial charge >= 0.3 is 5.97 Å². The van der Waals surface area contributed by atoms with E-state index < -0.39 is 11.9 Å². The summed E-state index contributed by atoms with van der Waals surface area (Å²) in [5, 5.41) is 2.69. The third-order valence-electron chi connectivity index (χ3n) is 3.93. The number of methoxy groups -OCH3 is 3. The molecule has 0 saturated carbocycles. The lowest BCUT2D eigenvalue weighted by Gasteiger charge is -2.15. The van der Waals surface area contributed by atoms with Gasteiger partial charge < -0.3 is 39.5 Å². The molecule has 0 radical (unpaired) electrons. The fourth-order valence-electron chi connectivity index (χ4n) is 2.59. The van der Waals surface area contributed by atoms with Gasteiger partial charge in [-0.3, -0.25) is 4.79 Å². The van der Waals surface area contributed by atoms with Crippen molar-refractivity contribution in [2.45, 2.75) is 6.92 Å². The van der Waals surface area contributed by atoms with E-state index in [1.807, 2.05) is 0 Å². The van der Waals surface area contributed by atoms with Crippen LogP contribution in [-0.2, 0) is 14.3 Å². The van der Waals surface area contributed by atoms with Gasteiger partial charge in [-0.2, -0.15) is 0 Å². The highest BCUT2D eigenvalue weighted by Crippen LogP contribution is 2.40. The maximum absolute atomic E-state index is 12.4. The summed E-state index contributed by atoms with van der Waals surface area (Å²) in [6.07, 6.45) is 0. The summed E-state index contributed by atoms with van der Waals surface area (Å²) in [7, 11) is 4.44. The second-order valence-electron chi connectivity index (χ2n) is 6.05. The van der Waals surface area contributed by atoms with Crippen LogP contribution in [0.1, 0.15) is 6.92 Å². The predicted molar refractivity (Wildman–Crippen MR) is 113 cm³/mol. The number of benzene rings is 2. The minimum absolute atomic E-state index is 0.216. The van der Waals surface area contributed by atoms with Crippen molar-refractivity contribution in [3.8, 4) is 28.7 Å². The lowest BCUT2D eigenvalue weighted by molar-refractivity contribution is -0.145. The molecule has 0 aliphatic carbocycles. The van der Waals surface area contributed by atoms with E-state index in [9.17, 15) is 9.59 Å². The Morgan fingerprint density at radius 1 is 0.871 bits per heavy atom. The third kappa shape index (κ3) is 6.59. The number of hydrogen-bond donors (Lipinski definition) is 2. The predicted octanol–water partition coefficient (Wildman–Crippen LogP) is 2.25. The highest BCUT2D eigenvalue weighted by atomic mass is 16.6. The lowest BCUT2D eigenvalue weighted by Crippen LogP contribution is -2.21. The quantitative estimate of drug-likeness (QED) is 0.404. The number of ether oxygens (including phenoxy) is 6. The summed E-state index contributed by atoms with van der Waals surface area (Å²) in [5.41, 5.74) is 6.60. The van der Waals surface area contributed by atoms with Crippen LogP contribution in [0.3, 0.4) is 0 Å². The largest absolute Gasteiger partial charge is 0.493 e. The first-order chi connectivity index (χ1) is 14.9. The van der Waals surface area contributed by atoms with Gasteiger partial charge in [0.2, 0.25) is 5.75 Å². The third-order valence-corrected chi connectivity index (χ3v) is 3.93. The van der Waals surface area contributed by atoms with Crippen LogP contribution in [0.2, 0.25) is 0 Å². The molecular formula is C21H26N2O8. The van der Waals surface area contributed by atoms with E-state index in [0.717, 1.165) is 0 Å². The van der Waals surface area contributed by atoms with Crippen molar-refractivity contribution in [3.63, 3.8) is 0 Å². The van der Waals surface area contributed by atoms with Gasteiger partial charge in [0.1, 0.15) is 0 Å². The molecular weight excluding hydrogens is 408 g/mol. The molecule has 0 aliphatic heterocycles. The SMILES string of the molecule is CCOC(=O)COc1cc(N)ccc1OCC(=O)Nc1cc(OC)c(OC)c(OC)c1. The molecule has 3 N–H and O–H groups in total. The zero-order valence-corrected chi connectivity index (χ0v) is 17.9. The first kappa shape index (κ1) is 23.5. The highest BCUT2D eigenvalue weighted by Gasteiger charge is 2.16. The molecule has 10 heteroatoms. The van der Waals surface area contributed by atoms with Gasteiger partial charge in [-0.15, -0.1) is 0 Å². The molecule has 0 aromatic heterocycles. The Morgan fingerprint density at radius 2 is 1.52 bits per heavy atom. The number of hydrogen-bond acceptors (Lipinski definition) is 9. The molecule has 0 saturated heterocycles. The van der Waals surface area contributed by atoms with Gasteiger partial charge in [0.25, 0.3) is 5.91 Å². The molecule has 2 aromatic carbocycles. The number of carbonyl (C=O) groups is 2. The van der Waals surface area contributed by atoms with Gasteiger partial charge in [0.05, 0.1) is 27.9 Å². The molecule has 10 nitrogen and oxygen atoms in total. The fourth-order valence-corrected chi connectivity index (χ4v) is 2.59. The van der Waals surface area contributed by atoms with E-state index in [4.69, 9.17) is 34.2 Å². The second kappa shape index (κ2) is 11.4. The smallest absolute Gasteiger partial charge is 0.344 e. The Balaban J connectivity index is 2.05. The first-order valence-corrected chi connectivity index (χ1v) is 9.32. The van der Waals surface area contributed by atoms with Crippen LogP contribution in [0.25, 0.3) is 0 Å². The molecule has 2 rings (SSSR count). The van der Waals surface area contributed by atoms with Crippen molar-refractivity contribution in [1.82, 2.24) is 0 Å². The number of anilines is 2. The summed E-state index contributed by atoms with van der Waals surface area (Å²) in [5.74, 6) is 0.688. The lowest BCUT2D eigenvalue weighted by atomic mass is 10.2. The Hall–Kier alpha value is -3.82. The van der Waals surface area contributed by atoms with Gasteiger partial charge in [-0.1, -0.05) is 0 Å². The van der Waals surface area contributed by atoms with E-state index in [1.165, 1.54) is 27.4 Å². The molecule has 0 heterocycles. The van der Waals surface area contributed by atoms with Crippen LogP contribution in [-0.4, -0.2) is 53.0 Å². The normalized spacial score (nSPS) is 10.1. The Bertz CT molecular complexity index is 891. The number of nitrogen functional groups attached to an aromatic ring is 1. The summed E-state index contributed by atoms with van der Waals surface area (Å²) in [6, 6.07) is 7.81. The number of nitrogens with one attached hydrogen (secondary N) is 1. The number of esters is 1. The summed E-state index contributed by atoms with van der Waals surface area (Å²) in [6.45, 7) is 1.30. The van der Waals surface area contributed by atoms with Gasteiger partial charge in [0.15, 0.2) is 36.2 Å². The van der Waals surface area contributed by atoms with E-state index in [-0.39, 0.29) is 31.3 Å². The van der Waals surface area contributed by atoms with E-state index in [0.29, 0.717) is 28.6 Å². The fraction of sp³-hybridized carbons (Fsp3) is 0.333. The van der Waals surface area contributed by atoms with Gasteiger partial charge in [-0.25, -0.2) is 4.79 Å². The Labute approximate surface area is 180 Å². The average molecular weight is 434 g/mol. The van der Waals surface area contributed by atoms with Crippen molar-refractivity contribution in [2.75, 3.05) is 52.2 Å². The van der Waals surface area contributed by atoms with Gasteiger partial charge in [0, 0.05) is 29.6 Å². The number of nitrogens with two attached hydrogens (primary N) is 1. The van der Waals surface area contributed by atoms with Crippen molar-refractivity contribution >= 4 is 23.3 Å². The molecule has 0 atom stereocenters. The monoisotopic (exact) mass is 434 g/mol. The second-order valence-corrected chi connectivity index (χ2v) is 6.05. The molecule has 0 spiro atoms. The van der Waals surface area contributed by atoms with Crippen LogP contribution in [0, 0.1) is 0 Å². The zero-order valence-electron chi connectivity index (χ0n) is 17.9. The minimum atomic E-state index is -0.531. The summed E-state index contributed by atoms with van der Waals surface area (Å²) >= 11 is 0. The first-order valence-electron chi connectivity index (χ1n) is 9.32. The number of rotatable bonds is 11. The van der Waals surface area contributed by atoms with Crippen molar-refractivity contribution in [2.24, 2.45) is 0 Å². The van der Waals surface area contributed by atoms with Crippen molar-refractivity contribution in [1.29, 1.82) is 0 Å². The van der Waals surface area contributed by atoms with Gasteiger partial charge in [-0.05, 0) is 19.1 Å². The van der Waals surface area contributed by atoms with Crippen LogP contribution >= 0.6 is 0 Å². The minimum Gasteiger partial charge on any atom is -0.493 e. The Morgan fingerprint density at radius 3 is 2.10 bits per heavy atom. The van der Waals surface area contributed by atoms with Crippen molar-refractivity contribution in [3.05, 3.63) is 30.3 Å². The van der Waals surface area contributed by atoms with Crippen LogP contribution in [0.4, 0.5) is 11.4 Å². The molecule has 31 heavy (non-hydrogen) atoms. The number of carbonyl (C=O) groups excluding carboxylic acids is 2. The topological polar surface area (TPSA) is 128 Å². The van der Waals surface area contributed by atoms with Crippen LogP contribution in [0.15, 0.2) is 30.3 Å². The average Bonchev–Trinajstić information content (AvgIpc) is 2.76. The molecule has 2 aromatic rings. The molecule has 0 fully saturated rings. The zero-order chi connectivity index (χ0) is 22.8. The molecule has 0 unspecified atom stereocenters. The maximum atomic E-state index is 12.4. The molecule has 0 aliphatic rings. The van der Waals surface area contributed by atoms with E-state index in [1.54, 1.807) is 31.2 Å². The summed E-state index contributed by atoms with van der Waals surface area (Å²) < 4.78 is 31.6. The molecule has 1 amide bonds. The standard InChI is InChI=1S/C21H26N2O8/c1-5-29-20(25)12-31-16-8-13(22)6-7-15(16)30-11-19(24)23-14-9-17(26-2)21(28-4)18(10-14)27-3/h6-10H,5,11-12,22H2,1-4H3,(H,23,24). The highest BCUT2D eigenvalue weighted by molar-refractivity contribution is 5.92. The number of amides is 1. The maximum Gasteiger partial charge on any atom is 0.344 e.